The highest BCUT2D eigenvalue weighted by molar-refractivity contribution is 7.14. The first-order valence-electron chi connectivity index (χ1n) is 5.70. The van der Waals surface area contributed by atoms with Gasteiger partial charge in [0, 0.05) is 4.88 Å². The number of hydrogen-bond acceptors (Lipinski definition) is 3. The van der Waals surface area contributed by atoms with Gasteiger partial charge in [-0.25, -0.2) is 0 Å². The van der Waals surface area contributed by atoms with Crippen LogP contribution in [0.15, 0.2) is 12.1 Å². The Morgan fingerprint density at radius 1 is 1.39 bits per heavy atom. The number of ketones is 1. The Morgan fingerprint density at radius 3 is 2.50 bits per heavy atom. The number of thiophene rings is 1. The smallest absolute Gasteiger partial charge is 0.292 e. The number of rotatable bonds is 6. The summed E-state index contributed by atoms with van der Waals surface area (Å²) >= 11 is 1.32. The molecule has 0 saturated heterocycles. The zero-order chi connectivity index (χ0) is 13.8. The Bertz CT molecular complexity index is 400. The summed E-state index contributed by atoms with van der Waals surface area (Å²) in [5, 5.41) is 0. The molecule has 0 radical (unpaired) electrons. The molecule has 0 aliphatic rings. The van der Waals surface area contributed by atoms with Crippen LogP contribution in [0, 0.1) is 6.92 Å². The summed E-state index contributed by atoms with van der Waals surface area (Å²) in [5.74, 6) is -0.245. The van der Waals surface area contributed by atoms with Gasteiger partial charge in [-0.15, -0.1) is 11.3 Å². The number of carbonyl (C=O) groups is 1. The molecule has 1 rings (SSSR count). The monoisotopic (exact) mass is 279 g/mol. The van der Waals surface area contributed by atoms with Crippen molar-refractivity contribution in [1.29, 1.82) is 0 Å². The number of halogens is 3. The second kappa shape index (κ2) is 6.33. The number of carbonyl (C=O) groups excluding carboxylic acids is 1. The van der Waals surface area contributed by atoms with Crippen LogP contribution >= 0.6 is 11.3 Å². The summed E-state index contributed by atoms with van der Waals surface area (Å²) in [6, 6.07) is 3.46. The quantitative estimate of drug-likeness (QED) is 0.743. The second-order valence-electron chi connectivity index (χ2n) is 4.16. The van der Waals surface area contributed by atoms with E-state index in [1.165, 1.54) is 11.3 Å². The van der Waals surface area contributed by atoms with Crippen LogP contribution in [0.4, 0.5) is 13.2 Å². The van der Waals surface area contributed by atoms with Gasteiger partial charge in [-0.05, 0) is 32.0 Å². The van der Waals surface area contributed by atoms with Crippen molar-refractivity contribution < 1.29 is 18.0 Å². The van der Waals surface area contributed by atoms with E-state index in [1.807, 2.05) is 6.92 Å². The minimum atomic E-state index is -4.26. The number of nitrogens with zero attached hydrogens (tertiary/aromatic N) is 1. The van der Waals surface area contributed by atoms with Gasteiger partial charge in [-0.1, -0.05) is 6.92 Å². The van der Waals surface area contributed by atoms with Crippen molar-refractivity contribution in [2.75, 3.05) is 19.6 Å². The van der Waals surface area contributed by atoms with E-state index in [1.54, 1.807) is 19.1 Å². The van der Waals surface area contributed by atoms with Crippen LogP contribution < -0.4 is 0 Å². The number of hydrogen-bond donors (Lipinski definition) is 0. The standard InChI is InChI=1S/C12H16F3NOS/c1-3-6-16(8-12(13,14)15)7-10(17)11-5-4-9(2)18-11/h4-5H,3,6-8H2,1-2H3. The maximum absolute atomic E-state index is 12.3. The molecule has 1 aromatic rings. The molecule has 102 valence electrons. The third-order valence-corrected chi connectivity index (χ3v) is 3.37. The van der Waals surface area contributed by atoms with Crippen LogP contribution in [-0.2, 0) is 0 Å². The Labute approximate surface area is 108 Å². The normalized spacial score (nSPS) is 12.1. The molecule has 0 spiro atoms. The molecule has 18 heavy (non-hydrogen) atoms. The van der Waals surface area contributed by atoms with E-state index in [9.17, 15) is 18.0 Å². The largest absolute Gasteiger partial charge is 0.401 e. The zero-order valence-corrected chi connectivity index (χ0v) is 11.2. The summed E-state index contributed by atoms with van der Waals surface area (Å²) in [5.41, 5.74) is 0. The van der Waals surface area contributed by atoms with Crippen LogP contribution in [0.3, 0.4) is 0 Å². The molecular formula is C12H16F3NOS. The fourth-order valence-corrected chi connectivity index (χ4v) is 2.45. The van der Waals surface area contributed by atoms with E-state index in [4.69, 9.17) is 0 Å². The highest BCUT2D eigenvalue weighted by Gasteiger charge is 2.31. The van der Waals surface area contributed by atoms with Gasteiger partial charge in [0.1, 0.15) is 0 Å². The Morgan fingerprint density at radius 2 is 2.06 bits per heavy atom. The Hall–Kier alpha value is -0.880. The Kier molecular flexibility index (Phi) is 5.34. The van der Waals surface area contributed by atoms with E-state index in [2.05, 4.69) is 0 Å². The second-order valence-corrected chi connectivity index (χ2v) is 5.45. The third-order valence-electron chi connectivity index (χ3n) is 2.33. The summed E-state index contributed by atoms with van der Waals surface area (Å²) in [4.78, 5) is 14.5. The number of aryl methyl sites for hydroxylation is 1. The minimum Gasteiger partial charge on any atom is -0.292 e. The lowest BCUT2D eigenvalue weighted by Crippen LogP contribution is -2.38. The van der Waals surface area contributed by atoms with Gasteiger partial charge in [0.05, 0.1) is 18.0 Å². The average molecular weight is 279 g/mol. The first kappa shape index (κ1) is 15.2. The molecule has 1 aromatic heterocycles. The van der Waals surface area contributed by atoms with Crippen molar-refractivity contribution in [1.82, 2.24) is 4.90 Å². The summed E-state index contributed by atoms with van der Waals surface area (Å²) < 4.78 is 37.0. The van der Waals surface area contributed by atoms with E-state index in [0.717, 1.165) is 9.78 Å². The maximum Gasteiger partial charge on any atom is 0.401 e. The molecule has 0 atom stereocenters. The van der Waals surface area contributed by atoms with Gasteiger partial charge in [0.2, 0.25) is 0 Å². The molecule has 1 heterocycles. The van der Waals surface area contributed by atoms with E-state index >= 15 is 0 Å². The van der Waals surface area contributed by atoms with Crippen LogP contribution in [0.2, 0.25) is 0 Å². The van der Waals surface area contributed by atoms with E-state index < -0.39 is 12.7 Å². The molecule has 6 heteroatoms. The highest BCUT2D eigenvalue weighted by atomic mass is 32.1. The van der Waals surface area contributed by atoms with E-state index in [0.29, 0.717) is 11.3 Å². The van der Waals surface area contributed by atoms with Crippen molar-refractivity contribution in [3.05, 3.63) is 21.9 Å². The lowest BCUT2D eigenvalue weighted by Gasteiger charge is -2.21. The molecule has 0 aromatic carbocycles. The molecule has 0 saturated carbocycles. The maximum atomic E-state index is 12.3. The lowest BCUT2D eigenvalue weighted by atomic mass is 10.2. The van der Waals surface area contributed by atoms with Crippen molar-refractivity contribution >= 4 is 17.1 Å². The fraction of sp³-hybridized carbons (Fsp3) is 0.583. The third kappa shape index (κ3) is 5.18. The first-order chi connectivity index (χ1) is 8.31. The van der Waals surface area contributed by atoms with Gasteiger partial charge in [-0.3, -0.25) is 9.69 Å². The van der Waals surface area contributed by atoms with Gasteiger partial charge in [0.15, 0.2) is 5.78 Å². The van der Waals surface area contributed by atoms with Crippen LogP contribution in [0.25, 0.3) is 0 Å². The lowest BCUT2D eigenvalue weighted by molar-refractivity contribution is -0.144. The molecule has 0 N–H and O–H groups in total. The topological polar surface area (TPSA) is 20.3 Å². The van der Waals surface area contributed by atoms with Crippen molar-refractivity contribution in [2.24, 2.45) is 0 Å². The van der Waals surface area contributed by atoms with Gasteiger partial charge in [-0.2, -0.15) is 13.2 Å². The van der Waals surface area contributed by atoms with E-state index in [-0.39, 0.29) is 18.9 Å². The van der Waals surface area contributed by atoms with Gasteiger partial charge < -0.3 is 0 Å². The SMILES string of the molecule is CCCN(CC(=O)c1ccc(C)s1)CC(F)(F)F. The summed E-state index contributed by atoms with van der Waals surface area (Å²) in [6.07, 6.45) is -3.67. The molecule has 0 fully saturated rings. The molecule has 0 aliphatic carbocycles. The number of alkyl halides is 3. The summed E-state index contributed by atoms with van der Waals surface area (Å²) in [7, 11) is 0. The predicted octanol–water partition coefficient (Wildman–Crippen LogP) is 3.51. The highest BCUT2D eigenvalue weighted by Crippen LogP contribution is 2.19. The van der Waals surface area contributed by atoms with Crippen LogP contribution in [0.5, 0.6) is 0 Å². The van der Waals surface area contributed by atoms with Crippen LogP contribution in [0.1, 0.15) is 27.9 Å². The predicted molar refractivity (Wildman–Crippen MR) is 66.2 cm³/mol. The molecule has 0 bridgehead atoms. The van der Waals surface area contributed by atoms with Gasteiger partial charge in [0.25, 0.3) is 0 Å². The number of Topliss-reactive ketones (excluding diaryl/α,β-unsaturated/α-hetero) is 1. The molecule has 2 nitrogen and oxygen atoms in total. The van der Waals surface area contributed by atoms with Crippen molar-refractivity contribution in [3.63, 3.8) is 0 Å². The minimum absolute atomic E-state index is 0.173. The zero-order valence-electron chi connectivity index (χ0n) is 10.4. The first-order valence-corrected chi connectivity index (χ1v) is 6.52. The average Bonchev–Trinajstić information content (AvgIpc) is 2.62. The van der Waals surface area contributed by atoms with Gasteiger partial charge >= 0.3 is 6.18 Å². The molecule has 0 amide bonds. The van der Waals surface area contributed by atoms with Crippen molar-refractivity contribution in [3.8, 4) is 0 Å². The molecule has 0 aliphatic heterocycles. The molecule has 0 unspecified atom stereocenters. The Balaban J connectivity index is 2.63. The van der Waals surface area contributed by atoms with Crippen molar-refractivity contribution in [2.45, 2.75) is 26.4 Å². The fourth-order valence-electron chi connectivity index (χ4n) is 1.65. The van der Waals surface area contributed by atoms with Crippen LogP contribution in [-0.4, -0.2) is 36.5 Å². The molecular weight excluding hydrogens is 263 g/mol. The summed E-state index contributed by atoms with van der Waals surface area (Å²) in [6.45, 7) is 2.73.